The summed E-state index contributed by atoms with van der Waals surface area (Å²) in [5.74, 6) is -0.119. The van der Waals surface area contributed by atoms with Crippen molar-refractivity contribution in [3.63, 3.8) is 0 Å². The highest BCUT2D eigenvalue weighted by Gasteiger charge is 2.35. The molecule has 2 heterocycles. The van der Waals surface area contributed by atoms with Gasteiger partial charge < -0.3 is 15.5 Å². The van der Waals surface area contributed by atoms with Crippen molar-refractivity contribution in [2.24, 2.45) is 0 Å². The maximum absolute atomic E-state index is 12.8. The third-order valence-corrected chi connectivity index (χ3v) is 5.13. The van der Waals surface area contributed by atoms with E-state index in [9.17, 15) is 9.59 Å². The second-order valence-electron chi connectivity index (χ2n) is 7.26. The van der Waals surface area contributed by atoms with Crippen molar-refractivity contribution in [1.82, 2.24) is 15.2 Å². The Labute approximate surface area is 175 Å². The van der Waals surface area contributed by atoms with Crippen LogP contribution in [0.3, 0.4) is 0 Å². The fraction of sp³-hybridized carbons (Fsp3) is 0.208. The molecule has 30 heavy (non-hydrogen) atoms. The minimum absolute atomic E-state index is 0.0373. The van der Waals surface area contributed by atoms with E-state index >= 15 is 0 Å². The Bertz CT molecular complexity index is 1050. The van der Waals surface area contributed by atoms with Gasteiger partial charge >= 0.3 is 0 Å². The summed E-state index contributed by atoms with van der Waals surface area (Å²) >= 11 is 0. The van der Waals surface area contributed by atoms with Gasteiger partial charge in [-0.1, -0.05) is 37.3 Å². The molecule has 1 atom stereocenters. The first-order valence-corrected chi connectivity index (χ1v) is 10.1. The van der Waals surface area contributed by atoms with Crippen LogP contribution in [0.15, 0.2) is 73.1 Å². The summed E-state index contributed by atoms with van der Waals surface area (Å²) in [4.78, 5) is 31.3. The summed E-state index contributed by atoms with van der Waals surface area (Å²) in [7, 11) is 0. The lowest BCUT2D eigenvalue weighted by atomic mass is 10.1. The van der Waals surface area contributed by atoms with Crippen LogP contribution in [-0.2, 0) is 6.54 Å². The number of carbonyl (C=O) groups is 2. The molecular formula is C24H24N4O2. The van der Waals surface area contributed by atoms with Crippen molar-refractivity contribution < 1.29 is 9.59 Å². The topological polar surface area (TPSA) is 74.3 Å². The van der Waals surface area contributed by atoms with Gasteiger partial charge in [0.25, 0.3) is 11.8 Å². The van der Waals surface area contributed by atoms with Gasteiger partial charge in [0.2, 0.25) is 0 Å². The van der Waals surface area contributed by atoms with Gasteiger partial charge in [-0.25, -0.2) is 0 Å². The van der Waals surface area contributed by atoms with E-state index in [1.165, 1.54) is 0 Å². The summed E-state index contributed by atoms with van der Waals surface area (Å²) in [6.07, 6.45) is 4.06. The molecule has 2 amide bonds. The average molecular weight is 400 g/mol. The van der Waals surface area contributed by atoms with Crippen molar-refractivity contribution in [1.29, 1.82) is 0 Å². The van der Waals surface area contributed by atoms with E-state index in [2.05, 4.69) is 22.5 Å². The van der Waals surface area contributed by atoms with Crippen LogP contribution in [0.5, 0.6) is 0 Å². The van der Waals surface area contributed by atoms with Crippen molar-refractivity contribution in [3.8, 4) is 0 Å². The average Bonchev–Trinajstić information content (AvgIpc) is 3.05. The lowest BCUT2D eigenvalue weighted by molar-refractivity contribution is 0.0742. The smallest absolute Gasteiger partial charge is 0.256 e. The molecule has 1 aromatic heterocycles. The van der Waals surface area contributed by atoms with Crippen molar-refractivity contribution >= 4 is 17.5 Å². The molecule has 0 saturated heterocycles. The van der Waals surface area contributed by atoms with Crippen LogP contribution in [0, 0.1) is 0 Å². The molecule has 3 aromatic rings. The van der Waals surface area contributed by atoms with Gasteiger partial charge in [-0.05, 0) is 42.3 Å². The van der Waals surface area contributed by atoms with E-state index in [1.54, 1.807) is 18.5 Å². The Kier molecular flexibility index (Phi) is 5.75. The standard InChI is InChI=1S/C24H24N4O2/c1-2-13-28-22(20-10-3-4-11-21(20)24(28)30)27-19-9-5-8-18(14-19)23(29)26-16-17-7-6-12-25-15-17/h3-12,14-15,22,27H,2,13,16H2,1H3,(H,26,29). The van der Waals surface area contributed by atoms with Gasteiger partial charge in [0.1, 0.15) is 6.17 Å². The Morgan fingerprint density at radius 1 is 1.10 bits per heavy atom. The monoisotopic (exact) mass is 400 g/mol. The molecule has 0 fully saturated rings. The number of aromatic nitrogens is 1. The first-order chi connectivity index (χ1) is 14.7. The molecule has 0 spiro atoms. The van der Waals surface area contributed by atoms with Gasteiger partial charge in [-0.3, -0.25) is 14.6 Å². The van der Waals surface area contributed by atoms with Crippen LogP contribution < -0.4 is 10.6 Å². The summed E-state index contributed by atoms with van der Waals surface area (Å²) in [5.41, 5.74) is 3.98. The largest absolute Gasteiger partial charge is 0.361 e. The Morgan fingerprint density at radius 3 is 2.77 bits per heavy atom. The Balaban J connectivity index is 1.51. The normalized spacial score (nSPS) is 15.0. The van der Waals surface area contributed by atoms with Crippen molar-refractivity contribution in [2.45, 2.75) is 26.1 Å². The van der Waals surface area contributed by atoms with E-state index < -0.39 is 0 Å². The number of nitrogens with zero attached hydrogens (tertiary/aromatic N) is 2. The molecule has 6 heteroatoms. The zero-order valence-electron chi connectivity index (χ0n) is 16.8. The van der Waals surface area contributed by atoms with E-state index in [-0.39, 0.29) is 18.0 Å². The quantitative estimate of drug-likeness (QED) is 0.629. The molecule has 0 saturated carbocycles. The van der Waals surface area contributed by atoms with Crippen LogP contribution in [0.4, 0.5) is 5.69 Å². The molecule has 4 rings (SSSR count). The van der Waals surface area contributed by atoms with Crippen LogP contribution in [0.2, 0.25) is 0 Å². The zero-order valence-corrected chi connectivity index (χ0v) is 16.8. The predicted octanol–water partition coefficient (Wildman–Crippen LogP) is 3.99. The number of carbonyl (C=O) groups excluding carboxylic acids is 2. The number of benzene rings is 2. The molecule has 0 bridgehead atoms. The SMILES string of the molecule is CCCN1C(=O)c2ccccc2C1Nc1cccc(C(=O)NCc2cccnc2)c1. The summed E-state index contributed by atoms with van der Waals surface area (Å²) in [5, 5.41) is 6.36. The first-order valence-electron chi connectivity index (χ1n) is 10.1. The highest BCUT2D eigenvalue weighted by atomic mass is 16.2. The van der Waals surface area contributed by atoms with Crippen LogP contribution >= 0.6 is 0 Å². The molecule has 6 nitrogen and oxygen atoms in total. The predicted molar refractivity (Wildman–Crippen MR) is 116 cm³/mol. The van der Waals surface area contributed by atoms with E-state index in [0.717, 1.165) is 28.8 Å². The summed E-state index contributed by atoms with van der Waals surface area (Å²) in [6, 6.07) is 18.8. The molecule has 152 valence electrons. The number of pyridine rings is 1. The third kappa shape index (κ3) is 4.03. The summed E-state index contributed by atoms with van der Waals surface area (Å²) in [6.45, 7) is 3.14. The molecule has 2 N–H and O–H groups in total. The van der Waals surface area contributed by atoms with Crippen molar-refractivity contribution in [3.05, 3.63) is 95.3 Å². The molecule has 0 radical (unpaired) electrons. The molecule has 1 unspecified atom stereocenters. The molecule has 2 aromatic carbocycles. The lowest BCUT2D eigenvalue weighted by Gasteiger charge is -2.27. The van der Waals surface area contributed by atoms with Gasteiger partial charge in [0.05, 0.1) is 0 Å². The van der Waals surface area contributed by atoms with Crippen molar-refractivity contribution in [2.75, 3.05) is 11.9 Å². The third-order valence-electron chi connectivity index (χ3n) is 5.13. The first kappa shape index (κ1) is 19.6. The van der Waals surface area contributed by atoms with Gasteiger partial charge in [-0.2, -0.15) is 0 Å². The number of anilines is 1. The second-order valence-corrected chi connectivity index (χ2v) is 7.26. The number of amides is 2. The van der Waals surface area contributed by atoms with Crippen LogP contribution in [0.25, 0.3) is 0 Å². The number of nitrogens with one attached hydrogen (secondary N) is 2. The van der Waals surface area contributed by atoms with Crippen LogP contribution in [-0.4, -0.2) is 28.2 Å². The zero-order chi connectivity index (χ0) is 20.9. The Hall–Kier alpha value is -3.67. The van der Waals surface area contributed by atoms with Gasteiger partial charge in [0, 0.05) is 47.9 Å². The maximum Gasteiger partial charge on any atom is 0.256 e. The highest BCUT2D eigenvalue weighted by Crippen LogP contribution is 2.34. The van der Waals surface area contributed by atoms with E-state index in [0.29, 0.717) is 18.7 Å². The second kappa shape index (κ2) is 8.78. The minimum Gasteiger partial charge on any atom is -0.361 e. The number of hydrogen-bond acceptors (Lipinski definition) is 4. The lowest BCUT2D eigenvalue weighted by Crippen LogP contribution is -2.33. The van der Waals surface area contributed by atoms with Crippen LogP contribution in [0.1, 0.15) is 51.4 Å². The van der Waals surface area contributed by atoms with Gasteiger partial charge in [-0.15, -0.1) is 0 Å². The molecule has 0 aliphatic carbocycles. The maximum atomic E-state index is 12.8. The van der Waals surface area contributed by atoms with Gasteiger partial charge in [0.15, 0.2) is 0 Å². The number of rotatable bonds is 7. The highest BCUT2D eigenvalue weighted by molar-refractivity contribution is 5.99. The molecular weight excluding hydrogens is 376 g/mol. The fourth-order valence-electron chi connectivity index (χ4n) is 3.69. The minimum atomic E-state index is -0.248. The molecule has 1 aliphatic heterocycles. The van der Waals surface area contributed by atoms with E-state index in [4.69, 9.17) is 0 Å². The molecule has 1 aliphatic rings. The number of fused-ring (bicyclic) bond motifs is 1. The fourth-order valence-corrected chi connectivity index (χ4v) is 3.69. The van der Waals surface area contributed by atoms with E-state index in [1.807, 2.05) is 59.5 Å². The summed E-state index contributed by atoms with van der Waals surface area (Å²) < 4.78 is 0. The number of hydrogen-bond donors (Lipinski definition) is 2. The Morgan fingerprint density at radius 2 is 1.97 bits per heavy atom.